The number of hydrogen-bond donors (Lipinski definition) is 1. The summed E-state index contributed by atoms with van der Waals surface area (Å²) in [4.78, 5) is 14.9. The van der Waals surface area contributed by atoms with Gasteiger partial charge < -0.3 is 10.6 Å². The molecule has 1 amide bonds. The molecule has 0 aromatic heterocycles. The average Bonchev–Trinajstić information content (AvgIpc) is 2.78. The van der Waals surface area contributed by atoms with Gasteiger partial charge in [-0.1, -0.05) is 42.5 Å². The maximum Gasteiger partial charge on any atom is 0.253 e. The van der Waals surface area contributed by atoms with Crippen LogP contribution in [0.5, 0.6) is 0 Å². The monoisotopic (exact) mass is 388 g/mol. The zero-order valence-electron chi connectivity index (χ0n) is 16.6. The second-order valence-electron chi connectivity index (χ2n) is 7.70. The summed E-state index contributed by atoms with van der Waals surface area (Å²) >= 11 is 0. The Bertz CT molecular complexity index is 1010. The molecular formula is C25H25FN2O. The Morgan fingerprint density at radius 3 is 2.31 bits per heavy atom. The van der Waals surface area contributed by atoms with E-state index in [1.807, 2.05) is 36.2 Å². The minimum Gasteiger partial charge on any atom is -0.338 e. The highest BCUT2D eigenvalue weighted by molar-refractivity contribution is 5.94. The van der Waals surface area contributed by atoms with Crippen LogP contribution in [-0.2, 0) is 19.4 Å². The van der Waals surface area contributed by atoms with Gasteiger partial charge in [0, 0.05) is 25.2 Å². The molecular weight excluding hydrogens is 363 g/mol. The van der Waals surface area contributed by atoms with Crippen LogP contribution in [0.25, 0.3) is 11.1 Å². The van der Waals surface area contributed by atoms with E-state index in [9.17, 15) is 9.18 Å². The van der Waals surface area contributed by atoms with Crippen molar-refractivity contribution >= 4 is 5.91 Å². The fourth-order valence-electron chi connectivity index (χ4n) is 4.06. The summed E-state index contributed by atoms with van der Waals surface area (Å²) in [5.41, 5.74) is 12.1. The van der Waals surface area contributed by atoms with Gasteiger partial charge in [-0.25, -0.2) is 4.39 Å². The molecule has 4 heteroatoms. The maximum atomic E-state index is 13.1. The minimum absolute atomic E-state index is 0.0303. The number of amides is 1. The highest BCUT2D eigenvalue weighted by Crippen LogP contribution is 2.26. The normalized spacial score (nSPS) is 15.6. The van der Waals surface area contributed by atoms with E-state index < -0.39 is 0 Å². The third kappa shape index (κ3) is 4.08. The van der Waals surface area contributed by atoms with Crippen molar-refractivity contribution in [2.45, 2.75) is 31.8 Å². The number of rotatable bonds is 4. The molecule has 0 bridgehead atoms. The number of hydrogen-bond acceptors (Lipinski definition) is 2. The van der Waals surface area contributed by atoms with Crippen molar-refractivity contribution in [3.05, 3.63) is 94.8 Å². The van der Waals surface area contributed by atoms with Crippen LogP contribution in [0.3, 0.4) is 0 Å². The number of nitrogens with zero attached hydrogens (tertiary/aromatic N) is 1. The number of halogens is 1. The van der Waals surface area contributed by atoms with Crippen molar-refractivity contribution in [1.82, 2.24) is 4.90 Å². The molecule has 0 saturated heterocycles. The molecule has 29 heavy (non-hydrogen) atoms. The highest BCUT2D eigenvalue weighted by atomic mass is 19.1. The van der Waals surface area contributed by atoms with Crippen LogP contribution < -0.4 is 5.73 Å². The van der Waals surface area contributed by atoms with E-state index in [-0.39, 0.29) is 17.8 Å². The quantitative estimate of drug-likeness (QED) is 0.711. The SMILES string of the molecule is CN(C(=O)c1ccc(-c2ccc(F)cc2)cc1)C1CCc2cc(CN)ccc2C1. The second-order valence-corrected chi connectivity index (χ2v) is 7.70. The fourth-order valence-corrected chi connectivity index (χ4v) is 4.06. The Morgan fingerprint density at radius 1 is 1.00 bits per heavy atom. The number of fused-ring (bicyclic) bond motifs is 1. The number of carbonyl (C=O) groups is 1. The Balaban J connectivity index is 1.47. The van der Waals surface area contributed by atoms with Crippen LogP contribution in [-0.4, -0.2) is 23.9 Å². The van der Waals surface area contributed by atoms with Gasteiger partial charge in [0.15, 0.2) is 0 Å². The molecule has 0 heterocycles. The molecule has 3 aromatic rings. The Labute approximate surface area is 171 Å². The number of carbonyl (C=O) groups excluding carboxylic acids is 1. The Morgan fingerprint density at radius 2 is 1.66 bits per heavy atom. The maximum absolute atomic E-state index is 13.1. The van der Waals surface area contributed by atoms with Gasteiger partial charge >= 0.3 is 0 Å². The summed E-state index contributed by atoms with van der Waals surface area (Å²) in [6.07, 6.45) is 2.79. The third-order valence-electron chi connectivity index (χ3n) is 5.89. The molecule has 148 valence electrons. The van der Waals surface area contributed by atoms with Crippen molar-refractivity contribution in [2.24, 2.45) is 5.73 Å². The van der Waals surface area contributed by atoms with E-state index >= 15 is 0 Å². The molecule has 0 saturated carbocycles. The lowest BCUT2D eigenvalue weighted by atomic mass is 9.86. The largest absolute Gasteiger partial charge is 0.338 e. The molecule has 0 radical (unpaired) electrons. The summed E-state index contributed by atoms with van der Waals surface area (Å²) in [5.74, 6) is -0.224. The number of aryl methyl sites for hydroxylation is 1. The molecule has 0 fully saturated rings. The highest BCUT2D eigenvalue weighted by Gasteiger charge is 2.25. The van der Waals surface area contributed by atoms with Gasteiger partial charge in [-0.15, -0.1) is 0 Å². The van der Waals surface area contributed by atoms with Crippen molar-refractivity contribution < 1.29 is 9.18 Å². The molecule has 3 aromatic carbocycles. The van der Waals surface area contributed by atoms with Crippen molar-refractivity contribution in [3.8, 4) is 11.1 Å². The van der Waals surface area contributed by atoms with Crippen molar-refractivity contribution in [3.63, 3.8) is 0 Å². The van der Waals surface area contributed by atoms with E-state index in [2.05, 4.69) is 18.2 Å². The van der Waals surface area contributed by atoms with E-state index in [1.54, 1.807) is 12.1 Å². The first-order chi connectivity index (χ1) is 14.0. The Hall–Kier alpha value is -2.98. The number of benzene rings is 3. The fraction of sp³-hybridized carbons (Fsp3) is 0.240. The zero-order chi connectivity index (χ0) is 20.4. The van der Waals surface area contributed by atoms with Gasteiger partial charge in [0.05, 0.1) is 0 Å². The standard InChI is InChI=1S/C25H25FN2O/c1-28(24-13-10-21-14-17(16-27)2-3-22(21)15-24)25(29)20-6-4-18(5-7-20)19-8-11-23(26)12-9-19/h2-9,11-12,14,24H,10,13,15-16,27H2,1H3. The van der Waals surface area contributed by atoms with Gasteiger partial charge in [0.2, 0.25) is 0 Å². The molecule has 3 nitrogen and oxygen atoms in total. The van der Waals surface area contributed by atoms with Gasteiger partial charge in [0.25, 0.3) is 5.91 Å². The van der Waals surface area contributed by atoms with Crippen LogP contribution in [0.1, 0.15) is 33.5 Å². The molecule has 0 spiro atoms. The van der Waals surface area contributed by atoms with Gasteiger partial charge in [-0.3, -0.25) is 4.79 Å². The first-order valence-electron chi connectivity index (χ1n) is 9.99. The van der Waals surface area contributed by atoms with Gasteiger partial charge in [0.1, 0.15) is 5.82 Å². The zero-order valence-corrected chi connectivity index (χ0v) is 16.6. The minimum atomic E-state index is -0.254. The predicted molar refractivity (Wildman–Crippen MR) is 114 cm³/mol. The number of nitrogens with two attached hydrogens (primary N) is 1. The summed E-state index contributed by atoms with van der Waals surface area (Å²) in [6, 6.07) is 20.5. The van der Waals surface area contributed by atoms with Crippen LogP contribution in [0.2, 0.25) is 0 Å². The third-order valence-corrected chi connectivity index (χ3v) is 5.89. The van der Waals surface area contributed by atoms with E-state index in [1.165, 1.54) is 23.3 Å². The number of likely N-dealkylation sites (N-methyl/N-ethyl adjacent to an activating group) is 1. The summed E-state index contributed by atoms with van der Waals surface area (Å²) in [5, 5.41) is 0. The lowest BCUT2D eigenvalue weighted by molar-refractivity contribution is 0.0719. The van der Waals surface area contributed by atoms with Crippen LogP contribution in [0, 0.1) is 5.82 Å². The Kier molecular flexibility index (Phi) is 5.45. The lowest BCUT2D eigenvalue weighted by Gasteiger charge is -2.33. The van der Waals surface area contributed by atoms with Gasteiger partial charge in [-0.05, 0) is 71.3 Å². The molecule has 1 aliphatic carbocycles. The van der Waals surface area contributed by atoms with Crippen molar-refractivity contribution in [2.75, 3.05) is 7.05 Å². The topological polar surface area (TPSA) is 46.3 Å². The summed E-state index contributed by atoms with van der Waals surface area (Å²) in [7, 11) is 1.89. The van der Waals surface area contributed by atoms with E-state index in [4.69, 9.17) is 5.73 Å². The van der Waals surface area contributed by atoms with Crippen LogP contribution in [0.4, 0.5) is 4.39 Å². The molecule has 1 unspecified atom stereocenters. The molecule has 1 atom stereocenters. The molecule has 4 rings (SSSR count). The predicted octanol–water partition coefficient (Wildman–Crippen LogP) is 4.58. The van der Waals surface area contributed by atoms with Crippen LogP contribution >= 0.6 is 0 Å². The van der Waals surface area contributed by atoms with E-state index in [0.717, 1.165) is 36.0 Å². The molecule has 2 N–H and O–H groups in total. The van der Waals surface area contributed by atoms with E-state index in [0.29, 0.717) is 12.1 Å². The lowest BCUT2D eigenvalue weighted by Crippen LogP contribution is -2.40. The van der Waals surface area contributed by atoms with Crippen molar-refractivity contribution in [1.29, 1.82) is 0 Å². The molecule has 1 aliphatic rings. The average molecular weight is 388 g/mol. The summed E-state index contributed by atoms with van der Waals surface area (Å²) in [6.45, 7) is 0.559. The first kappa shape index (κ1) is 19.3. The summed E-state index contributed by atoms with van der Waals surface area (Å²) < 4.78 is 13.1. The molecule has 0 aliphatic heterocycles. The van der Waals surface area contributed by atoms with Gasteiger partial charge in [-0.2, -0.15) is 0 Å². The second kappa shape index (κ2) is 8.18. The van der Waals surface area contributed by atoms with Crippen LogP contribution in [0.15, 0.2) is 66.7 Å². The smallest absolute Gasteiger partial charge is 0.253 e. The first-order valence-corrected chi connectivity index (χ1v) is 9.99.